The largest absolute Gasteiger partial charge is 0.385 e. The minimum atomic E-state index is -0.00531. The quantitative estimate of drug-likeness (QED) is 0.782. The number of ether oxygens (including phenoxy) is 1. The van der Waals surface area contributed by atoms with Crippen molar-refractivity contribution in [1.82, 2.24) is 4.90 Å². The molecule has 0 saturated carbocycles. The normalized spacial score (nSPS) is 18.3. The van der Waals surface area contributed by atoms with Gasteiger partial charge in [0.15, 0.2) is 0 Å². The van der Waals surface area contributed by atoms with Crippen LogP contribution in [0.4, 0.5) is 0 Å². The summed E-state index contributed by atoms with van der Waals surface area (Å²) in [4.78, 5) is 14.7. The standard InChI is InChI=1S/C17H22N2O2/c1-21-12-6-9-15-8-4-5-11-19(15)17(20)16-10-3-2-7-14(16)13-18/h2-3,7,10,15H,4-6,8-9,11-12H2,1H3. The molecule has 1 aliphatic heterocycles. The predicted octanol–water partition coefficient (Wildman–Crippen LogP) is 2.98. The molecular formula is C17H22N2O2. The zero-order chi connectivity index (χ0) is 15.1. The van der Waals surface area contributed by atoms with Crippen LogP contribution in [0.3, 0.4) is 0 Å². The minimum Gasteiger partial charge on any atom is -0.385 e. The lowest BCUT2D eigenvalue weighted by Crippen LogP contribution is -2.44. The first kappa shape index (κ1) is 15.5. The van der Waals surface area contributed by atoms with Crippen molar-refractivity contribution in [2.45, 2.75) is 38.1 Å². The molecular weight excluding hydrogens is 264 g/mol. The number of hydrogen-bond donors (Lipinski definition) is 0. The van der Waals surface area contributed by atoms with Gasteiger partial charge in [0.05, 0.1) is 17.2 Å². The first-order valence-electron chi connectivity index (χ1n) is 7.57. The number of methoxy groups -OCH3 is 1. The molecule has 0 spiro atoms. The van der Waals surface area contributed by atoms with E-state index >= 15 is 0 Å². The maximum absolute atomic E-state index is 12.8. The monoisotopic (exact) mass is 286 g/mol. The molecule has 2 rings (SSSR count). The molecule has 0 bridgehead atoms. The van der Waals surface area contributed by atoms with Gasteiger partial charge in [-0.3, -0.25) is 4.79 Å². The highest BCUT2D eigenvalue weighted by Gasteiger charge is 2.28. The van der Waals surface area contributed by atoms with Crippen LogP contribution in [0.2, 0.25) is 0 Å². The van der Waals surface area contributed by atoms with E-state index in [0.717, 1.165) is 38.8 Å². The number of carbonyl (C=O) groups excluding carboxylic acids is 1. The Morgan fingerprint density at radius 2 is 2.24 bits per heavy atom. The number of carbonyl (C=O) groups is 1. The molecule has 112 valence electrons. The van der Waals surface area contributed by atoms with Crippen molar-refractivity contribution in [3.05, 3.63) is 35.4 Å². The van der Waals surface area contributed by atoms with Gasteiger partial charge in [-0.15, -0.1) is 0 Å². The molecule has 1 amide bonds. The molecule has 0 aromatic heterocycles. The van der Waals surface area contributed by atoms with Crippen molar-refractivity contribution < 1.29 is 9.53 Å². The molecule has 0 radical (unpaired) electrons. The molecule has 1 fully saturated rings. The number of amides is 1. The summed E-state index contributed by atoms with van der Waals surface area (Å²) in [5, 5.41) is 9.17. The molecule has 0 N–H and O–H groups in total. The molecule has 4 nitrogen and oxygen atoms in total. The summed E-state index contributed by atoms with van der Waals surface area (Å²) in [6.07, 6.45) is 5.19. The van der Waals surface area contributed by atoms with Crippen molar-refractivity contribution in [1.29, 1.82) is 5.26 Å². The smallest absolute Gasteiger partial charge is 0.255 e. The second kappa shape index (κ2) is 7.80. The number of hydrogen-bond acceptors (Lipinski definition) is 3. The van der Waals surface area contributed by atoms with Gasteiger partial charge in [0.25, 0.3) is 5.91 Å². The molecule has 1 aliphatic rings. The summed E-state index contributed by atoms with van der Waals surface area (Å²) < 4.78 is 5.10. The lowest BCUT2D eigenvalue weighted by molar-refractivity contribution is 0.0584. The third-order valence-corrected chi connectivity index (χ3v) is 4.05. The van der Waals surface area contributed by atoms with Crippen LogP contribution in [0.5, 0.6) is 0 Å². The van der Waals surface area contributed by atoms with Crippen LogP contribution in [0.1, 0.15) is 48.0 Å². The first-order valence-corrected chi connectivity index (χ1v) is 7.57. The summed E-state index contributed by atoms with van der Waals surface area (Å²) in [6.45, 7) is 1.52. The molecule has 1 atom stereocenters. The van der Waals surface area contributed by atoms with Crippen molar-refractivity contribution in [3.63, 3.8) is 0 Å². The van der Waals surface area contributed by atoms with Gasteiger partial charge < -0.3 is 9.64 Å². The SMILES string of the molecule is COCCCC1CCCCN1C(=O)c1ccccc1C#N. The van der Waals surface area contributed by atoms with Crippen molar-refractivity contribution in [2.75, 3.05) is 20.3 Å². The Morgan fingerprint density at radius 1 is 1.43 bits per heavy atom. The Kier molecular flexibility index (Phi) is 5.77. The average molecular weight is 286 g/mol. The zero-order valence-electron chi connectivity index (χ0n) is 12.5. The van der Waals surface area contributed by atoms with E-state index in [2.05, 4.69) is 6.07 Å². The van der Waals surface area contributed by atoms with E-state index in [0.29, 0.717) is 11.1 Å². The van der Waals surface area contributed by atoms with Gasteiger partial charge in [-0.2, -0.15) is 5.26 Å². The summed E-state index contributed by atoms with van der Waals surface area (Å²) in [7, 11) is 1.70. The summed E-state index contributed by atoms with van der Waals surface area (Å²) >= 11 is 0. The maximum atomic E-state index is 12.8. The Hall–Kier alpha value is -1.86. The van der Waals surface area contributed by atoms with Gasteiger partial charge in [0, 0.05) is 26.3 Å². The summed E-state index contributed by atoms with van der Waals surface area (Å²) in [5.41, 5.74) is 0.988. The molecule has 0 aliphatic carbocycles. The predicted molar refractivity (Wildman–Crippen MR) is 80.9 cm³/mol. The van der Waals surface area contributed by atoms with Crippen LogP contribution in [-0.2, 0) is 4.74 Å². The fourth-order valence-corrected chi connectivity index (χ4v) is 2.95. The highest BCUT2D eigenvalue weighted by Crippen LogP contribution is 2.24. The van der Waals surface area contributed by atoms with Crippen LogP contribution >= 0.6 is 0 Å². The summed E-state index contributed by atoms with van der Waals surface area (Å²) in [5.74, 6) is -0.00531. The van der Waals surface area contributed by atoms with E-state index < -0.39 is 0 Å². The van der Waals surface area contributed by atoms with Crippen molar-refractivity contribution in [2.24, 2.45) is 0 Å². The lowest BCUT2D eigenvalue weighted by atomic mass is 9.96. The second-order valence-electron chi connectivity index (χ2n) is 5.44. The van der Waals surface area contributed by atoms with Gasteiger partial charge in [-0.05, 0) is 44.2 Å². The molecule has 1 aromatic carbocycles. The van der Waals surface area contributed by atoms with Crippen LogP contribution in [0, 0.1) is 11.3 Å². The lowest BCUT2D eigenvalue weighted by Gasteiger charge is -2.36. The zero-order valence-corrected chi connectivity index (χ0v) is 12.5. The Bertz CT molecular complexity index is 522. The van der Waals surface area contributed by atoms with E-state index in [4.69, 9.17) is 10.00 Å². The van der Waals surface area contributed by atoms with Gasteiger partial charge in [-0.25, -0.2) is 0 Å². The minimum absolute atomic E-state index is 0.00531. The van der Waals surface area contributed by atoms with Gasteiger partial charge in [-0.1, -0.05) is 12.1 Å². The molecule has 1 unspecified atom stereocenters. The van der Waals surface area contributed by atoms with E-state index in [-0.39, 0.29) is 11.9 Å². The number of piperidine rings is 1. The Balaban J connectivity index is 2.13. The fourth-order valence-electron chi connectivity index (χ4n) is 2.95. The van der Waals surface area contributed by atoms with E-state index in [1.165, 1.54) is 6.42 Å². The highest BCUT2D eigenvalue weighted by molar-refractivity contribution is 5.96. The topological polar surface area (TPSA) is 53.3 Å². The number of rotatable bonds is 5. The van der Waals surface area contributed by atoms with Crippen LogP contribution in [0.15, 0.2) is 24.3 Å². The van der Waals surface area contributed by atoms with Gasteiger partial charge in [0.1, 0.15) is 0 Å². The van der Waals surface area contributed by atoms with Crippen LogP contribution in [-0.4, -0.2) is 37.1 Å². The number of nitriles is 1. The Morgan fingerprint density at radius 3 is 3.00 bits per heavy atom. The maximum Gasteiger partial charge on any atom is 0.255 e. The number of benzene rings is 1. The number of nitrogens with zero attached hydrogens (tertiary/aromatic N) is 2. The third-order valence-electron chi connectivity index (χ3n) is 4.05. The van der Waals surface area contributed by atoms with Crippen molar-refractivity contribution in [3.8, 4) is 6.07 Å². The van der Waals surface area contributed by atoms with Crippen LogP contribution < -0.4 is 0 Å². The average Bonchev–Trinajstić information content (AvgIpc) is 2.55. The second-order valence-corrected chi connectivity index (χ2v) is 5.44. The molecule has 1 aromatic rings. The fraction of sp³-hybridized carbons (Fsp3) is 0.529. The molecule has 21 heavy (non-hydrogen) atoms. The summed E-state index contributed by atoms with van der Waals surface area (Å²) in [6, 6.07) is 9.45. The van der Waals surface area contributed by atoms with Crippen molar-refractivity contribution >= 4 is 5.91 Å². The highest BCUT2D eigenvalue weighted by atomic mass is 16.5. The van der Waals surface area contributed by atoms with Crippen LogP contribution in [0.25, 0.3) is 0 Å². The molecule has 1 saturated heterocycles. The first-order chi connectivity index (χ1) is 10.3. The van der Waals surface area contributed by atoms with E-state index in [9.17, 15) is 4.79 Å². The van der Waals surface area contributed by atoms with E-state index in [1.54, 1.807) is 25.3 Å². The van der Waals surface area contributed by atoms with E-state index in [1.807, 2.05) is 11.0 Å². The molecule has 1 heterocycles. The van der Waals surface area contributed by atoms with Gasteiger partial charge >= 0.3 is 0 Å². The Labute approximate surface area is 126 Å². The molecule has 4 heteroatoms. The van der Waals surface area contributed by atoms with Gasteiger partial charge in [0.2, 0.25) is 0 Å². The number of likely N-dealkylation sites (tertiary alicyclic amines) is 1. The third kappa shape index (κ3) is 3.83.